The number of nitrogens with one attached hydrogen (secondary N) is 1. The number of likely N-dealkylation sites (tertiary alicyclic amines) is 1. The fourth-order valence-electron chi connectivity index (χ4n) is 1.84. The van der Waals surface area contributed by atoms with Crippen LogP contribution in [0.3, 0.4) is 0 Å². The first-order valence-corrected chi connectivity index (χ1v) is 6.08. The Balaban J connectivity index is 2.02. The second-order valence-corrected chi connectivity index (χ2v) is 4.71. The molecule has 0 radical (unpaired) electrons. The molecule has 1 aliphatic heterocycles. The quantitative estimate of drug-likeness (QED) is 0.757. The van der Waals surface area contributed by atoms with Crippen molar-refractivity contribution in [3.8, 4) is 0 Å². The number of β-amino-alcohol motifs (C(OH)–C–C–N with tert-alkyl or cyclic N) is 1. The second kappa shape index (κ2) is 5.54. The highest BCUT2D eigenvalue weighted by Gasteiger charge is 2.29. The molecule has 5 nitrogen and oxygen atoms in total. The molecule has 0 aliphatic carbocycles. The van der Waals surface area contributed by atoms with Crippen LogP contribution >= 0.6 is 11.6 Å². The van der Waals surface area contributed by atoms with E-state index in [1.54, 1.807) is 0 Å². The van der Waals surface area contributed by atoms with E-state index in [1.807, 2.05) is 0 Å². The zero-order valence-electron chi connectivity index (χ0n) is 9.90. The van der Waals surface area contributed by atoms with Crippen LogP contribution in [0.25, 0.3) is 0 Å². The molecule has 1 aromatic carbocycles. The van der Waals surface area contributed by atoms with Gasteiger partial charge in [-0.2, -0.15) is 0 Å². The molecule has 0 aromatic heterocycles. The predicted molar refractivity (Wildman–Crippen MR) is 67.2 cm³/mol. The maximum absolute atomic E-state index is 13.4. The minimum atomic E-state index is -0.935. The summed E-state index contributed by atoms with van der Waals surface area (Å²) in [7, 11) is 0. The van der Waals surface area contributed by atoms with Crippen molar-refractivity contribution < 1.29 is 19.1 Å². The van der Waals surface area contributed by atoms with Crippen LogP contribution in [0.5, 0.6) is 0 Å². The maximum Gasteiger partial charge on any atom is 0.313 e. The number of amides is 2. The Bertz CT molecular complexity index is 524. The van der Waals surface area contributed by atoms with Gasteiger partial charge in [-0.3, -0.25) is 9.59 Å². The van der Waals surface area contributed by atoms with Crippen LogP contribution in [0, 0.1) is 5.82 Å². The number of halogens is 2. The molecular formula is C12H12ClFN2O3. The highest BCUT2D eigenvalue weighted by molar-refractivity contribution is 6.39. The lowest BCUT2D eigenvalue weighted by molar-refractivity contribution is -0.142. The molecule has 1 aliphatic rings. The Morgan fingerprint density at radius 1 is 1.47 bits per heavy atom. The number of carbonyl (C=O) groups excluding carboxylic acids is 2. The minimum absolute atomic E-state index is 0.109. The number of nitrogens with zero attached hydrogens (tertiary/aromatic N) is 1. The van der Waals surface area contributed by atoms with Gasteiger partial charge < -0.3 is 15.3 Å². The van der Waals surface area contributed by atoms with Crippen molar-refractivity contribution in [2.45, 2.75) is 12.5 Å². The summed E-state index contributed by atoms with van der Waals surface area (Å²) in [6, 6.07) is 3.73. The molecule has 102 valence electrons. The van der Waals surface area contributed by atoms with E-state index >= 15 is 0 Å². The van der Waals surface area contributed by atoms with Gasteiger partial charge in [-0.25, -0.2) is 4.39 Å². The third kappa shape index (κ3) is 3.21. The monoisotopic (exact) mass is 286 g/mol. The van der Waals surface area contributed by atoms with Crippen LogP contribution in [0.1, 0.15) is 6.42 Å². The van der Waals surface area contributed by atoms with E-state index in [-0.39, 0.29) is 17.3 Å². The van der Waals surface area contributed by atoms with Crippen molar-refractivity contribution in [2.24, 2.45) is 0 Å². The summed E-state index contributed by atoms with van der Waals surface area (Å²) in [6.45, 7) is 0.436. The smallest absolute Gasteiger partial charge is 0.313 e. The summed E-state index contributed by atoms with van der Waals surface area (Å²) >= 11 is 5.58. The van der Waals surface area contributed by atoms with E-state index < -0.39 is 23.7 Å². The highest BCUT2D eigenvalue weighted by Crippen LogP contribution is 2.19. The number of hydrogen-bond donors (Lipinski definition) is 2. The number of benzene rings is 1. The molecule has 1 saturated heterocycles. The van der Waals surface area contributed by atoms with Crippen molar-refractivity contribution in [3.63, 3.8) is 0 Å². The highest BCUT2D eigenvalue weighted by atomic mass is 35.5. The summed E-state index contributed by atoms with van der Waals surface area (Å²) in [5, 5.41) is 11.7. The average molecular weight is 287 g/mol. The van der Waals surface area contributed by atoms with E-state index in [4.69, 9.17) is 11.6 Å². The molecule has 19 heavy (non-hydrogen) atoms. The summed E-state index contributed by atoms with van der Waals surface area (Å²) in [4.78, 5) is 24.6. The largest absolute Gasteiger partial charge is 0.391 e. The van der Waals surface area contributed by atoms with E-state index in [2.05, 4.69) is 5.32 Å². The average Bonchev–Trinajstić information content (AvgIpc) is 2.78. The predicted octanol–water partition coefficient (Wildman–Crippen LogP) is 1.01. The topological polar surface area (TPSA) is 69.6 Å². The molecule has 1 atom stereocenters. The number of carbonyl (C=O) groups is 2. The molecule has 0 bridgehead atoms. The number of aliphatic hydroxyl groups is 1. The van der Waals surface area contributed by atoms with Crippen LogP contribution in [0.4, 0.5) is 10.1 Å². The number of hydrogen-bond acceptors (Lipinski definition) is 3. The molecule has 7 heteroatoms. The van der Waals surface area contributed by atoms with Gasteiger partial charge in [-0.05, 0) is 24.6 Å². The molecule has 0 spiro atoms. The van der Waals surface area contributed by atoms with E-state index in [0.29, 0.717) is 13.0 Å². The van der Waals surface area contributed by atoms with Crippen LogP contribution in [-0.4, -0.2) is 41.0 Å². The summed E-state index contributed by atoms with van der Waals surface area (Å²) in [5.41, 5.74) is -0.109. The Morgan fingerprint density at radius 3 is 2.79 bits per heavy atom. The lowest BCUT2D eigenvalue weighted by Crippen LogP contribution is -2.38. The fourth-order valence-corrected chi connectivity index (χ4v) is 2.00. The number of rotatable bonds is 1. The third-order valence-corrected chi connectivity index (χ3v) is 3.06. The second-order valence-electron chi connectivity index (χ2n) is 4.27. The molecular weight excluding hydrogens is 275 g/mol. The zero-order chi connectivity index (χ0) is 14.0. The van der Waals surface area contributed by atoms with E-state index in [0.717, 1.165) is 6.07 Å². The molecule has 1 fully saturated rings. The maximum atomic E-state index is 13.4. The van der Waals surface area contributed by atoms with Crippen LogP contribution in [0.15, 0.2) is 18.2 Å². The van der Waals surface area contributed by atoms with Crippen molar-refractivity contribution in [2.75, 3.05) is 18.4 Å². The first kappa shape index (κ1) is 13.8. The third-order valence-electron chi connectivity index (χ3n) is 2.82. The lowest BCUT2D eigenvalue weighted by atomic mass is 10.3. The van der Waals surface area contributed by atoms with Crippen molar-refractivity contribution in [3.05, 3.63) is 29.0 Å². The molecule has 2 N–H and O–H groups in total. The Kier molecular flexibility index (Phi) is 4.01. The van der Waals surface area contributed by atoms with Gasteiger partial charge in [-0.15, -0.1) is 0 Å². The number of anilines is 1. The van der Waals surface area contributed by atoms with Gasteiger partial charge in [0, 0.05) is 18.1 Å². The van der Waals surface area contributed by atoms with Gasteiger partial charge in [-0.1, -0.05) is 11.6 Å². The fraction of sp³-hybridized carbons (Fsp3) is 0.333. The summed E-state index contributed by atoms with van der Waals surface area (Å²) < 4.78 is 13.4. The van der Waals surface area contributed by atoms with Gasteiger partial charge in [0.1, 0.15) is 5.82 Å². The Morgan fingerprint density at radius 2 is 2.21 bits per heavy atom. The molecule has 2 rings (SSSR count). The van der Waals surface area contributed by atoms with Crippen LogP contribution in [0.2, 0.25) is 5.02 Å². The van der Waals surface area contributed by atoms with Crippen LogP contribution in [-0.2, 0) is 9.59 Å². The van der Waals surface area contributed by atoms with Gasteiger partial charge in [0.25, 0.3) is 0 Å². The number of aliphatic hydroxyl groups excluding tert-OH is 1. The van der Waals surface area contributed by atoms with Gasteiger partial charge in [0.05, 0.1) is 11.8 Å². The molecule has 0 unspecified atom stereocenters. The van der Waals surface area contributed by atoms with E-state index in [1.165, 1.54) is 17.0 Å². The molecule has 0 saturated carbocycles. The Hall–Kier alpha value is -1.66. The first-order valence-electron chi connectivity index (χ1n) is 5.71. The van der Waals surface area contributed by atoms with Gasteiger partial charge in [0.2, 0.25) is 0 Å². The summed E-state index contributed by atoms with van der Waals surface area (Å²) in [5.74, 6) is -2.43. The van der Waals surface area contributed by atoms with Gasteiger partial charge in [0.15, 0.2) is 0 Å². The van der Waals surface area contributed by atoms with Crippen molar-refractivity contribution in [1.82, 2.24) is 4.90 Å². The van der Waals surface area contributed by atoms with Gasteiger partial charge >= 0.3 is 11.8 Å². The minimum Gasteiger partial charge on any atom is -0.391 e. The standard InChI is InChI=1S/C12H12ClFN2O3/c13-7-1-2-10(9(14)5-7)15-11(18)12(19)16-4-3-8(17)6-16/h1-2,5,8,17H,3-4,6H2,(H,15,18)/t8-/m1/s1. The van der Waals surface area contributed by atoms with Crippen molar-refractivity contribution in [1.29, 1.82) is 0 Å². The zero-order valence-corrected chi connectivity index (χ0v) is 10.7. The molecule has 2 amide bonds. The SMILES string of the molecule is O=C(Nc1ccc(Cl)cc1F)C(=O)N1CC[C@@H](O)C1. The first-order chi connectivity index (χ1) is 8.97. The van der Waals surface area contributed by atoms with Crippen molar-refractivity contribution >= 4 is 29.1 Å². The summed E-state index contributed by atoms with van der Waals surface area (Å²) in [6.07, 6.45) is -0.169. The normalized spacial score (nSPS) is 18.5. The molecule has 1 heterocycles. The van der Waals surface area contributed by atoms with Crippen LogP contribution < -0.4 is 5.32 Å². The molecule has 1 aromatic rings. The Labute approximate surface area is 114 Å². The lowest BCUT2D eigenvalue weighted by Gasteiger charge is -2.15. The van der Waals surface area contributed by atoms with E-state index in [9.17, 15) is 19.1 Å².